The molecular formula is C15H23NO2. The van der Waals surface area contributed by atoms with Crippen LogP contribution in [-0.4, -0.2) is 28.1 Å². The van der Waals surface area contributed by atoms with E-state index in [0.29, 0.717) is 6.54 Å². The molecule has 0 aliphatic heterocycles. The van der Waals surface area contributed by atoms with Gasteiger partial charge in [-0.3, -0.25) is 9.69 Å². The molecule has 0 aromatic heterocycles. The zero-order valence-corrected chi connectivity index (χ0v) is 11.9. The highest BCUT2D eigenvalue weighted by Crippen LogP contribution is 2.29. The van der Waals surface area contributed by atoms with E-state index in [1.165, 1.54) is 11.1 Å². The standard InChI is InChI=1S/C15H23NO2/c1-6-16(15(4,5)14(17)18)12(3)13-10-8-7-9-11(13)2/h7-10,12H,6H2,1-5H3,(H,17,18). The first-order chi connectivity index (χ1) is 8.32. The quantitative estimate of drug-likeness (QED) is 0.871. The summed E-state index contributed by atoms with van der Waals surface area (Å²) in [4.78, 5) is 13.4. The molecule has 1 N–H and O–H groups in total. The highest BCUT2D eigenvalue weighted by molar-refractivity contribution is 5.77. The molecule has 0 amide bonds. The molecule has 1 atom stereocenters. The molecular weight excluding hydrogens is 226 g/mol. The minimum absolute atomic E-state index is 0.0855. The van der Waals surface area contributed by atoms with Crippen molar-refractivity contribution in [1.82, 2.24) is 4.90 Å². The van der Waals surface area contributed by atoms with Crippen LogP contribution in [0.4, 0.5) is 0 Å². The molecule has 0 aliphatic rings. The molecule has 3 nitrogen and oxygen atoms in total. The molecule has 1 aromatic rings. The van der Waals surface area contributed by atoms with Gasteiger partial charge in [0, 0.05) is 6.04 Å². The molecule has 0 radical (unpaired) electrons. The number of hydrogen-bond acceptors (Lipinski definition) is 2. The Bertz CT molecular complexity index is 426. The number of nitrogens with zero attached hydrogens (tertiary/aromatic N) is 1. The van der Waals surface area contributed by atoms with Crippen molar-refractivity contribution in [3.8, 4) is 0 Å². The highest BCUT2D eigenvalue weighted by atomic mass is 16.4. The predicted molar refractivity (Wildman–Crippen MR) is 73.7 cm³/mol. The van der Waals surface area contributed by atoms with E-state index in [9.17, 15) is 9.90 Å². The van der Waals surface area contributed by atoms with Gasteiger partial charge in [-0.1, -0.05) is 31.2 Å². The van der Waals surface area contributed by atoms with Crippen LogP contribution >= 0.6 is 0 Å². The molecule has 0 fully saturated rings. The first kappa shape index (κ1) is 14.7. The number of aryl methyl sites for hydroxylation is 1. The second-order valence-corrected chi connectivity index (χ2v) is 5.18. The lowest BCUT2D eigenvalue weighted by Crippen LogP contribution is -2.51. The Morgan fingerprint density at radius 2 is 1.94 bits per heavy atom. The molecule has 0 saturated heterocycles. The van der Waals surface area contributed by atoms with Crippen LogP contribution in [0.3, 0.4) is 0 Å². The SMILES string of the molecule is CCN(C(C)c1ccccc1C)C(C)(C)C(=O)O. The Morgan fingerprint density at radius 1 is 1.39 bits per heavy atom. The Morgan fingerprint density at radius 3 is 2.39 bits per heavy atom. The summed E-state index contributed by atoms with van der Waals surface area (Å²) in [6.07, 6.45) is 0. The van der Waals surface area contributed by atoms with Crippen LogP contribution in [0.15, 0.2) is 24.3 Å². The van der Waals surface area contributed by atoms with Crippen LogP contribution in [0.5, 0.6) is 0 Å². The van der Waals surface area contributed by atoms with E-state index in [4.69, 9.17) is 0 Å². The van der Waals surface area contributed by atoms with Gasteiger partial charge in [-0.2, -0.15) is 0 Å². The number of carboxylic acid groups (broad SMARTS) is 1. The molecule has 0 aliphatic carbocycles. The fourth-order valence-electron chi connectivity index (χ4n) is 2.50. The highest BCUT2D eigenvalue weighted by Gasteiger charge is 2.37. The molecule has 3 heteroatoms. The first-order valence-corrected chi connectivity index (χ1v) is 6.38. The summed E-state index contributed by atoms with van der Waals surface area (Å²) in [5, 5.41) is 9.37. The normalized spacial score (nSPS) is 13.7. The van der Waals surface area contributed by atoms with Gasteiger partial charge in [0.25, 0.3) is 0 Å². The molecule has 1 unspecified atom stereocenters. The topological polar surface area (TPSA) is 40.5 Å². The van der Waals surface area contributed by atoms with Crippen LogP contribution in [0.1, 0.15) is 44.9 Å². The van der Waals surface area contributed by atoms with E-state index in [0.717, 1.165) is 0 Å². The molecule has 1 rings (SSSR count). The fourth-order valence-corrected chi connectivity index (χ4v) is 2.50. The number of carbonyl (C=O) groups is 1. The van der Waals surface area contributed by atoms with Crippen molar-refractivity contribution in [3.05, 3.63) is 35.4 Å². The lowest BCUT2D eigenvalue weighted by atomic mass is 9.95. The van der Waals surface area contributed by atoms with Crippen molar-refractivity contribution in [2.24, 2.45) is 0 Å². The summed E-state index contributed by atoms with van der Waals surface area (Å²) in [5.41, 5.74) is 1.52. The third-order valence-corrected chi connectivity index (χ3v) is 3.69. The summed E-state index contributed by atoms with van der Waals surface area (Å²) < 4.78 is 0. The van der Waals surface area contributed by atoms with Gasteiger partial charge in [0.15, 0.2) is 0 Å². The van der Waals surface area contributed by atoms with Gasteiger partial charge in [-0.15, -0.1) is 0 Å². The number of benzene rings is 1. The monoisotopic (exact) mass is 249 g/mol. The van der Waals surface area contributed by atoms with Gasteiger partial charge in [0.05, 0.1) is 0 Å². The van der Waals surface area contributed by atoms with E-state index >= 15 is 0 Å². The van der Waals surface area contributed by atoms with E-state index < -0.39 is 11.5 Å². The van der Waals surface area contributed by atoms with Gasteiger partial charge in [-0.05, 0) is 45.4 Å². The maximum Gasteiger partial charge on any atom is 0.323 e. The summed E-state index contributed by atoms with van der Waals surface area (Å²) in [7, 11) is 0. The molecule has 0 spiro atoms. The average molecular weight is 249 g/mol. The van der Waals surface area contributed by atoms with Crippen molar-refractivity contribution < 1.29 is 9.90 Å². The maximum atomic E-state index is 11.4. The summed E-state index contributed by atoms with van der Waals surface area (Å²) >= 11 is 0. The molecule has 18 heavy (non-hydrogen) atoms. The smallest absolute Gasteiger partial charge is 0.323 e. The minimum Gasteiger partial charge on any atom is -0.480 e. The zero-order chi connectivity index (χ0) is 13.9. The summed E-state index contributed by atoms with van der Waals surface area (Å²) in [6, 6.07) is 8.22. The van der Waals surface area contributed by atoms with Gasteiger partial charge in [0.2, 0.25) is 0 Å². The van der Waals surface area contributed by atoms with Crippen molar-refractivity contribution >= 4 is 5.97 Å². The van der Waals surface area contributed by atoms with Gasteiger partial charge >= 0.3 is 5.97 Å². The van der Waals surface area contributed by atoms with E-state index in [1.807, 2.05) is 24.0 Å². The van der Waals surface area contributed by atoms with Crippen LogP contribution < -0.4 is 0 Å². The fraction of sp³-hybridized carbons (Fsp3) is 0.533. The predicted octanol–water partition coefficient (Wildman–Crippen LogP) is 3.24. The van der Waals surface area contributed by atoms with E-state index in [-0.39, 0.29) is 6.04 Å². The lowest BCUT2D eigenvalue weighted by Gasteiger charge is -2.39. The van der Waals surface area contributed by atoms with Crippen LogP contribution in [0.25, 0.3) is 0 Å². The van der Waals surface area contributed by atoms with E-state index in [1.54, 1.807) is 13.8 Å². The van der Waals surface area contributed by atoms with Crippen LogP contribution in [-0.2, 0) is 4.79 Å². The molecule has 0 heterocycles. The zero-order valence-electron chi connectivity index (χ0n) is 11.9. The number of aliphatic carboxylic acids is 1. The Labute approximate surface area is 109 Å². The van der Waals surface area contributed by atoms with E-state index in [2.05, 4.69) is 26.0 Å². The summed E-state index contributed by atoms with van der Waals surface area (Å²) in [6.45, 7) is 10.3. The second kappa shape index (κ2) is 5.53. The Kier molecular flexibility index (Phi) is 4.52. The van der Waals surface area contributed by atoms with Gasteiger partial charge < -0.3 is 5.11 Å². The van der Waals surface area contributed by atoms with Crippen molar-refractivity contribution in [3.63, 3.8) is 0 Å². The van der Waals surface area contributed by atoms with Crippen LogP contribution in [0.2, 0.25) is 0 Å². The molecule has 100 valence electrons. The first-order valence-electron chi connectivity index (χ1n) is 6.38. The van der Waals surface area contributed by atoms with Crippen molar-refractivity contribution in [2.45, 2.75) is 46.2 Å². The Hall–Kier alpha value is -1.35. The number of hydrogen-bond donors (Lipinski definition) is 1. The maximum absolute atomic E-state index is 11.4. The van der Waals surface area contributed by atoms with Crippen molar-refractivity contribution in [1.29, 1.82) is 0 Å². The third-order valence-electron chi connectivity index (χ3n) is 3.69. The van der Waals surface area contributed by atoms with Crippen LogP contribution in [0, 0.1) is 6.92 Å². The molecule has 1 aromatic carbocycles. The van der Waals surface area contributed by atoms with Gasteiger partial charge in [0.1, 0.15) is 5.54 Å². The van der Waals surface area contributed by atoms with Crippen molar-refractivity contribution in [2.75, 3.05) is 6.54 Å². The number of carboxylic acids is 1. The largest absolute Gasteiger partial charge is 0.480 e. The summed E-state index contributed by atoms with van der Waals surface area (Å²) in [5.74, 6) is -0.787. The van der Waals surface area contributed by atoms with Gasteiger partial charge in [-0.25, -0.2) is 0 Å². The third kappa shape index (κ3) is 2.72. The lowest BCUT2D eigenvalue weighted by molar-refractivity contribution is -0.150. The molecule has 0 saturated carbocycles. The number of rotatable bonds is 5. The average Bonchev–Trinajstić information content (AvgIpc) is 2.29. The second-order valence-electron chi connectivity index (χ2n) is 5.18. The minimum atomic E-state index is -0.865. The molecule has 0 bridgehead atoms. The number of likely N-dealkylation sites (N-methyl/N-ethyl adjacent to an activating group) is 1. The Balaban J connectivity index is 3.11.